The van der Waals surface area contributed by atoms with E-state index in [9.17, 15) is 4.79 Å². The van der Waals surface area contributed by atoms with Crippen molar-refractivity contribution < 1.29 is 14.3 Å². The molecule has 0 bridgehead atoms. The van der Waals surface area contributed by atoms with Crippen LogP contribution in [-0.2, 0) is 9.53 Å². The number of hydrogen-bond donors (Lipinski definition) is 2. The van der Waals surface area contributed by atoms with Crippen molar-refractivity contribution in [3.8, 4) is 5.75 Å². The van der Waals surface area contributed by atoms with Crippen LogP contribution >= 0.6 is 23.2 Å². The Morgan fingerprint density at radius 1 is 1.15 bits per heavy atom. The van der Waals surface area contributed by atoms with Gasteiger partial charge in [0.2, 0.25) is 5.91 Å². The van der Waals surface area contributed by atoms with Crippen LogP contribution in [-0.4, -0.2) is 31.8 Å². The lowest BCUT2D eigenvalue weighted by molar-refractivity contribution is -0.114. The summed E-state index contributed by atoms with van der Waals surface area (Å²) in [5, 5.41) is 6.85. The third-order valence-electron chi connectivity index (χ3n) is 3.89. The van der Waals surface area contributed by atoms with Crippen LogP contribution in [0.2, 0.25) is 10.0 Å². The predicted octanol–water partition coefficient (Wildman–Crippen LogP) is 4.60. The number of anilines is 2. The van der Waals surface area contributed by atoms with Crippen molar-refractivity contribution in [1.29, 1.82) is 0 Å². The molecule has 0 saturated carbocycles. The number of ether oxygens (including phenoxy) is 2. The fourth-order valence-corrected chi connectivity index (χ4v) is 3.20. The summed E-state index contributed by atoms with van der Waals surface area (Å²) in [5.41, 5.74) is 1.36. The van der Waals surface area contributed by atoms with E-state index in [1.54, 1.807) is 24.3 Å². The Morgan fingerprint density at radius 2 is 1.96 bits per heavy atom. The van der Waals surface area contributed by atoms with E-state index in [0.29, 0.717) is 33.8 Å². The standard InChI is InChI=1S/C19H20Cl2N2O3/c20-13-7-14(21)9-16(8-13)22-11-19(24)23-15-3-1-4-17(10-15)26-12-18-5-2-6-25-18/h1,3-4,7-10,18,22H,2,5-6,11-12H2,(H,23,24). The number of rotatable bonds is 7. The highest BCUT2D eigenvalue weighted by molar-refractivity contribution is 6.35. The van der Waals surface area contributed by atoms with Gasteiger partial charge in [0.15, 0.2) is 0 Å². The molecule has 138 valence electrons. The van der Waals surface area contributed by atoms with Gasteiger partial charge in [-0.1, -0.05) is 29.3 Å². The molecule has 7 heteroatoms. The lowest BCUT2D eigenvalue weighted by Gasteiger charge is -2.13. The molecule has 2 aromatic rings. The molecule has 5 nitrogen and oxygen atoms in total. The summed E-state index contributed by atoms with van der Waals surface area (Å²) in [6.07, 6.45) is 2.26. The molecule has 0 aliphatic carbocycles. The maximum atomic E-state index is 12.1. The van der Waals surface area contributed by atoms with Gasteiger partial charge in [0.25, 0.3) is 0 Å². The van der Waals surface area contributed by atoms with Crippen LogP contribution in [0.25, 0.3) is 0 Å². The van der Waals surface area contributed by atoms with Crippen molar-refractivity contribution >= 4 is 40.5 Å². The normalized spacial score (nSPS) is 16.3. The summed E-state index contributed by atoms with van der Waals surface area (Å²) in [4.78, 5) is 12.1. The van der Waals surface area contributed by atoms with E-state index in [-0.39, 0.29) is 18.6 Å². The van der Waals surface area contributed by atoms with E-state index in [4.69, 9.17) is 32.7 Å². The van der Waals surface area contributed by atoms with Crippen molar-refractivity contribution in [2.24, 2.45) is 0 Å². The van der Waals surface area contributed by atoms with E-state index in [0.717, 1.165) is 19.4 Å². The molecule has 0 radical (unpaired) electrons. The largest absolute Gasteiger partial charge is 0.491 e. The summed E-state index contributed by atoms with van der Waals surface area (Å²) in [7, 11) is 0. The molecule has 2 aromatic carbocycles. The number of carbonyl (C=O) groups is 1. The first-order valence-corrected chi connectivity index (χ1v) is 9.18. The minimum absolute atomic E-state index is 0.0949. The van der Waals surface area contributed by atoms with E-state index >= 15 is 0 Å². The van der Waals surface area contributed by atoms with Gasteiger partial charge in [0.05, 0.1) is 12.6 Å². The molecule has 26 heavy (non-hydrogen) atoms. The molecule has 1 atom stereocenters. The highest BCUT2D eigenvalue weighted by Crippen LogP contribution is 2.22. The fourth-order valence-electron chi connectivity index (χ4n) is 2.67. The Labute approximate surface area is 162 Å². The molecule has 1 unspecified atom stereocenters. The lowest BCUT2D eigenvalue weighted by atomic mass is 10.2. The van der Waals surface area contributed by atoms with Crippen molar-refractivity contribution in [3.63, 3.8) is 0 Å². The number of benzene rings is 2. The average Bonchev–Trinajstić information content (AvgIpc) is 3.11. The number of halogens is 2. The van der Waals surface area contributed by atoms with Crippen LogP contribution < -0.4 is 15.4 Å². The zero-order valence-corrected chi connectivity index (χ0v) is 15.6. The zero-order valence-electron chi connectivity index (χ0n) is 14.1. The molecule has 0 aromatic heterocycles. The van der Waals surface area contributed by atoms with Gasteiger partial charge in [-0.25, -0.2) is 0 Å². The van der Waals surface area contributed by atoms with Crippen molar-refractivity contribution in [2.75, 3.05) is 30.4 Å². The van der Waals surface area contributed by atoms with E-state index in [2.05, 4.69) is 10.6 Å². The summed E-state index contributed by atoms with van der Waals surface area (Å²) in [6, 6.07) is 12.4. The van der Waals surface area contributed by atoms with Gasteiger partial charge in [-0.3, -0.25) is 4.79 Å². The number of carbonyl (C=O) groups excluding carboxylic acids is 1. The van der Waals surface area contributed by atoms with E-state index in [1.165, 1.54) is 0 Å². The van der Waals surface area contributed by atoms with Crippen LogP contribution in [0.5, 0.6) is 5.75 Å². The monoisotopic (exact) mass is 394 g/mol. The Hall–Kier alpha value is -1.95. The second-order valence-corrected chi connectivity index (χ2v) is 6.91. The van der Waals surface area contributed by atoms with Crippen LogP contribution in [0.1, 0.15) is 12.8 Å². The highest BCUT2D eigenvalue weighted by atomic mass is 35.5. The quantitative estimate of drug-likeness (QED) is 0.719. The molecule has 1 fully saturated rings. The number of amides is 1. The SMILES string of the molecule is O=C(CNc1cc(Cl)cc(Cl)c1)Nc1cccc(OCC2CCCO2)c1. The second kappa shape index (κ2) is 9.12. The van der Waals surface area contributed by atoms with Crippen LogP contribution in [0.3, 0.4) is 0 Å². The van der Waals surface area contributed by atoms with Gasteiger partial charge >= 0.3 is 0 Å². The molecule has 0 spiro atoms. The Morgan fingerprint density at radius 3 is 2.69 bits per heavy atom. The van der Waals surface area contributed by atoms with Crippen molar-refractivity contribution in [2.45, 2.75) is 18.9 Å². The van der Waals surface area contributed by atoms with Crippen molar-refractivity contribution in [3.05, 3.63) is 52.5 Å². The van der Waals surface area contributed by atoms with E-state index < -0.39 is 0 Å². The third-order valence-corrected chi connectivity index (χ3v) is 4.33. The summed E-state index contributed by atoms with van der Waals surface area (Å²) in [6.45, 7) is 1.42. The minimum atomic E-state index is -0.183. The predicted molar refractivity (Wildman–Crippen MR) is 104 cm³/mol. The molecule has 2 N–H and O–H groups in total. The molecule has 1 heterocycles. The van der Waals surface area contributed by atoms with Crippen LogP contribution in [0, 0.1) is 0 Å². The van der Waals surface area contributed by atoms with Crippen molar-refractivity contribution in [1.82, 2.24) is 0 Å². The first kappa shape index (κ1) is 18.8. The first-order chi connectivity index (χ1) is 12.6. The van der Waals surface area contributed by atoms with Gasteiger partial charge in [0, 0.05) is 34.1 Å². The molecule has 1 aliphatic heterocycles. The third kappa shape index (κ3) is 5.80. The van der Waals surface area contributed by atoms with Gasteiger partial charge < -0.3 is 20.1 Å². The fraction of sp³-hybridized carbons (Fsp3) is 0.316. The maximum absolute atomic E-state index is 12.1. The topological polar surface area (TPSA) is 59.6 Å². The van der Waals surface area contributed by atoms with Crippen LogP contribution in [0.15, 0.2) is 42.5 Å². The average molecular weight is 395 g/mol. The minimum Gasteiger partial charge on any atom is -0.491 e. The zero-order chi connectivity index (χ0) is 18.4. The summed E-state index contributed by atoms with van der Waals surface area (Å²) in [5.74, 6) is 0.519. The Bertz CT molecular complexity index is 744. The molecular formula is C19H20Cl2N2O3. The van der Waals surface area contributed by atoms with Gasteiger partial charge in [-0.15, -0.1) is 0 Å². The maximum Gasteiger partial charge on any atom is 0.243 e. The molecular weight excluding hydrogens is 375 g/mol. The molecule has 1 saturated heterocycles. The molecule has 1 amide bonds. The van der Waals surface area contributed by atoms with Gasteiger partial charge in [-0.05, 0) is 43.2 Å². The highest BCUT2D eigenvalue weighted by Gasteiger charge is 2.16. The molecule has 1 aliphatic rings. The van der Waals surface area contributed by atoms with Crippen LogP contribution in [0.4, 0.5) is 11.4 Å². The summed E-state index contributed by atoms with van der Waals surface area (Å²) >= 11 is 11.9. The smallest absolute Gasteiger partial charge is 0.243 e. The van der Waals surface area contributed by atoms with Gasteiger partial charge in [-0.2, -0.15) is 0 Å². The lowest BCUT2D eigenvalue weighted by Crippen LogP contribution is -2.21. The summed E-state index contributed by atoms with van der Waals surface area (Å²) < 4.78 is 11.3. The van der Waals surface area contributed by atoms with E-state index in [1.807, 2.05) is 18.2 Å². The Balaban J connectivity index is 1.49. The van der Waals surface area contributed by atoms with Gasteiger partial charge in [0.1, 0.15) is 12.4 Å². The first-order valence-electron chi connectivity index (χ1n) is 8.43. The molecule has 3 rings (SSSR count). The number of nitrogens with one attached hydrogen (secondary N) is 2. The second-order valence-electron chi connectivity index (χ2n) is 6.03. The Kier molecular flexibility index (Phi) is 6.61. The number of hydrogen-bond acceptors (Lipinski definition) is 4.